The predicted molar refractivity (Wildman–Crippen MR) is 84.0 cm³/mol. The number of halogens is 1. The van der Waals surface area contributed by atoms with Crippen LogP contribution in [0.25, 0.3) is 10.2 Å². The minimum atomic E-state index is 0.150. The number of hydrogen-bond acceptors (Lipinski definition) is 5. The fraction of sp³-hybridized carbons (Fsp3) is 0.0769. The fourth-order valence-electron chi connectivity index (χ4n) is 1.58. The van der Waals surface area contributed by atoms with Gasteiger partial charge in [0.2, 0.25) is 0 Å². The Bertz CT molecular complexity index is 721. The molecule has 0 N–H and O–H groups in total. The number of rotatable bonds is 4. The van der Waals surface area contributed by atoms with Gasteiger partial charge in [-0.15, -0.1) is 22.7 Å². The number of carbonyl (C=O) groups is 1. The first-order valence-electron chi connectivity index (χ1n) is 5.48. The Kier molecular flexibility index (Phi) is 3.88. The smallest absolute Gasteiger partial charge is 0.183 e. The normalized spacial score (nSPS) is 11.0. The molecule has 0 radical (unpaired) electrons. The average molecular weight is 326 g/mol. The van der Waals surface area contributed by atoms with Crippen molar-refractivity contribution in [2.75, 3.05) is 5.75 Å². The molecule has 0 aliphatic rings. The van der Waals surface area contributed by atoms with E-state index in [4.69, 9.17) is 11.6 Å². The van der Waals surface area contributed by atoms with Crippen molar-refractivity contribution in [3.05, 3.63) is 45.6 Å². The van der Waals surface area contributed by atoms with Crippen LogP contribution < -0.4 is 0 Å². The molecule has 0 saturated carbocycles. The highest BCUT2D eigenvalue weighted by atomic mass is 35.5. The van der Waals surface area contributed by atoms with E-state index in [0.29, 0.717) is 10.8 Å². The standard InChI is InChI=1S/C13H8ClNOS3/c14-8-3-4-11-9(6-8)15-13(19-11)18-7-10(16)12-2-1-5-17-12/h1-6H,7H2. The molecule has 0 unspecified atom stereocenters. The first-order valence-corrected chi connectivity index (χ1v) is 8.54. The number of hydrogen-bond donors (Lipinski definition) is 0. The Morgan fingerprint density at radius 3 is 3.05 bits per heavy atom. The van der Waals surface area contributed by atoms with E-state index in [-0.39, 0.29) is 5.78 Å². The SMILES string of the molecule is O=C(CSc1nc2cc(Cl)ccc2s1)c1cccs1. The second-order valence-electron chi connectivity index (χ2n) is 3.78. The summed E-state index contributed by atoms with van der Waals surface area (Å²) in [6.45, 7) is 0. The van der Waals surface area contributed by atoms with Crippen LogP contribution in [0.2, 0.25) is 5.02 Å². The summed E-state index contributed by atoms with van der Waals surface area (Å²) in [7, 11) is 0. The first-order chi connectivity index (χ1) is 9.22. The molecule has 3 aromatic rings. The van der Waals surface area contributed by atoms with Crippen LogP contribution in [0.15, 0.2) is 40.1 Å². The third-order valence-corrected chi connectivity index (χ3v) is 5.78. The van der Waals surface area contributed by atoms with Crippen LogP contribution in [0.3, 0.4) is 0 Å². The molecule has 0 aliphatic carbocycles. The number of carbonyl (C=O) groups excluding carboxylic acids is 1. The molecule has 0 bridgehead atoms. The summed E-state index contributed by atoms with van der Waals surface area (Å²) in [5.41, 5.74) is 0.892. The number of Topliss-reactive ketones (excluding diaryl/α,β-unsaturated/α-hetero) is 1. The van der Waals surface area contributed by atoms with E-state index in [2.05, 4.69) is 4.98 Å². The average Bonchev–Trinajstić information content (AvgIpc) is 3.04. The monoisotopic (exact) mass is 325 g/mol. The van der Waals surface area contributed by atoms with Gasteiger partial charge in [0.05, 0.1) is 20.8 Å². The van der Waals surface area contributed by atoms with Gasteiger partial charge in [0.15, 0.2) is 10.1 Å². The fourth-order valence-corrected chi connectivity index (χ4v) is 4.43. The molecule has 6 heteroatoms. The molecule has 0 spiro atoms. The van der Waals surface area contributed by atoms with Gasteiger partial charge in [0, 0.05) is 5.02 Å². The first kappa shape index (κ1) is 13.1. The molecule has 0 amide bonds. The van der Waals surface area contributed by atoms with E-state index < -0.39 is 0 Å². The Hall–Kier alpha value is -0.880. The van der Waals surface area contributed by atoms with E-state index >= 15 is 0 Å². The molecular weight excluding hydrogens is 318 g/mol. The van der Waals surface area contributed by atoms with Crippen LogP contribution in [-0.4, -0.2) is 16.5 Å². The summed E-state index contributed by atoms with van der Waals surface area (Å²) in [6.07, 6.45) is 0. The molecule has 0 fully saturated rings. The zero-order valence-corrected chi connectivity index (χ0v) is 12.8. The molecule has 0 aliphatic heterocycles. The molecular formula is C13H8ClNOS3. The predicted octanol–water partition coefficient (Wildman–Crippen LogP) is 4.99. The van der Waals surface area contributed by atoms with Gasteiger partial charge in [-0.3, -0.25) is 4.79 Å². The molecule has 96 valence electrons. The maximum atomic E-state index is 11.9. The Balaban J connectivity index is 1.73. The van der Waals surface area contributed by atoms with Crippen LogP contribution in [0, 0.1) is 0 Å². The number of thiophene rings is 1. The number of aromatic nitrogens is 1. The lowest BCUT2D eigenvalue weighted by molar-refractivity contribution is 0.102. The maximum absolute atomic E-state index is 11.9. The van der Waals surface area contributed by atoms with Gasteiger partial charge >= 0.3 is 0 Å². The second kappa shape index (κ2) is 5.63. The summed E-state index contributed by atoms with van der Waals surface area (Å²) >= 11 is 10.5. The van der Waals surface area contributed by atoms with E-state index in [1.807, 2.05) is 35.7 Å². The second-order valence-corrected chi connectivity index (χ2v) is 7.42. The summed E-state index contributed by atoms with van der Waals surface area (Å²) < 4.78 is 2.00. The molecule has 0 atom stereocenters. The van der Waals surface area contributed by atoms with E-state index in [9.17, 15) is 4.79 Å². The van der Waals surface area contributed by atoms with E-state index in [1.165, 1.54) is 23.1 Å². The lowest BCUT2D eigenvalue weighted by Crippen LogP contribution is -1.98. The number of thioether (sulfide) groups is 1. The van der Waals surface area contributed by atoms with Gasteiger partial charge in [-0.25, -0.2) is 4.98 Å². The summed E-state index contributed by atoms with van der Waals surface area (Å²) in [4.78, 5) is 17.2. The Morgan fingerprint density at radius 1 is 1.37 bits per heavy atom. The molecule has 19 heavy (non-hydrogen) atoms. The van der Waals surface area contributed by atoms with Gasteiger partial charge in [-0.05, 0) is 29.6 Å². The highest BCUT2D eigenvalue weighted by molar-refractivity contribution is 8.01. The lowest BCUT2D eigenvalue weighted by atomic mass is 10.3. The van der Waals surface area contributed by atoms with E-state index in [0.717, 1.165) is 19.4 Å². The number of thiazole rings is 1. The van der Waals surface area contributed by atoms with Gasteiger partial charge in [0.1, 0.15) is 0 Å². The van der Waals surface area contributed by atoms with Crippen molar-refractivity contribution in [2.45, 2.75) is 4.34 Å². The van der Waals surface area contributed by atoms with Gasteiger partial charge in [0.25, 0.3) is 0 Å². The largest absolute Gasteiger partial charge is 0.292 e. The Labute approximate surface area is 127 Å². The third-order valence-electron chi connectivity index (χ3n) is 2.45. The maximum Gasteiger partial charge on any atom is 0.183 e. The molecule has 0 saturated heterocycles. The molecule has 1 aromatic carbocycles. The minimum Gasteiger partial charge on any atom is -0.292 e. The highest BCUT2D eigenvalue weighted by Gasteiger charge is 2.10. The highest BCUT2D eigenvalue weighted by Crippen LogP contribution is 2.31. The Morgan fingerprint density at radius 2 is 2.26 bits per heavy atom. The van der Waals surface area contributed by atoms with Crippen LogP contribution >= 0.6 is 46.0 Å². The number of nitrogens with zero attached hydrogens (tertiary/aromatic N) is 1. The lowest BCUT2D eigenvalue weighted by Gasteiger charge is -1.94. The summed E-state index contributed by atoms with van der Waals surface area (Å²) in [5, 5.41) is 2.60. The summed E-state index contributed by atoms with van der Waals surface area (Å²) in [5.74, 6) is 0.575. The van der Waals surface area contributed by atoms with Gasteiger partial charge in [-0.2, -0.15) is 0 Å². The molecule has 2 nitrogen and oxygen atoms in total. The van der Waals surface area contributed by atoms with Crippen molar-refractivity contribution in [2.24, 2.45) is 0 Å². The minimum absolute atomic E-state index is 0.150. The van der Waals surface area contributed by atoms with Crippen LogP contribution in [0.1, 0.15) is 9.67 Å². The zero-order valence-electron chi connectivity index (χ0n) is 9.63. The summed E-state index contributed by atoms with van der Waals surface area (Å²) in [6, 6.07) is 9.40. The van der Waals surface area contributed by atoms with Crippen molar-refractivity contribution < 1.29 is 4.79 Å². The van der Waals surface area contributed by atoms with E-state index in [1.54, 1.807) is 11.3 Å². The van der Waals surface area contributed by atoms with Crippen molar-refractivity contribution in [3.63, 3.8) is 0 Å². The van der Waals surface area contributed by atoms with Gasteiger partial charge in [-0.1, -0.05) is 29.4 Å². The van der Waals surface area contributed by atoms with Crippen LogP contribution in [0.5, 0.6) is 0 Å². The van der Waals surface area contributed by atoms with Crippen molar-refractivity contribution >= 4 is 62.0 Å². The topological polar surface area (TPSA) is 30.0 Å². The molecule has 3 rings (SSSR count). The molecule has 2 heterocycles. The quantitative estimate of drug-likeness (QED) is 0.500. The van der Waals surface area contributed by atoms with Crippen molar-refractivity contribution in [3.8, 4) is 0 Å². The molecule has 2 aromatic heterocycles. The zero-order chi connectivity index (χ0) is 13.2. The van der Waals surface area contributed by atoms with Crippen LogP contribution in [0.4, 0.5) is 0 Å². The van der Waals surface area contributed by atoms with Gasteiger partial charge < -0.3 is 0 Å². The number of ketones is 1. The van der Waals surface area contributed by atoms with Crippen LogP contribution in [-0.2, 0) is 0 Å². The number of fused-ring (bicyclic) bond motifs is 1. The number of benzene rings is 1. The van der Waals surface area contributed by atoms with Crippen molar-refractivity contribution in [1.82, 2.24) is 4.98 Å². The third kappa shape index (κ3) is 3.00. The van der Waals surface area contributed by atoms with Crippen molar-refractivity contribution in [1.29, 1.82) is 0 Å².